The topological polar surface area (TPSA) is 117 Å². The molecule has 2 aliphatic rings. The molecule has 2 amide bonds. The quantitative estimate of drug-likeness (QED) is 0.646. The van der Waals surface area contributed by atoms with E-state index in [-0.39, 0.29) is 35.1 Å². The summed E-state index contributed by atoms with van der Waals surface area (Å²) in [6.07, 6.45) is 3.84. The van der Waals surface area contributed by atoms with Crippen LogP contribution in [0.25, 0.3) is 11.0 Å². The van der Waals surface area contributed by atoms with Gasteiger partial charge in [0.2, 0.25) is 5.91 Å². The van der Waals surface area contributed by atoms with Crippen LogP contribution < -0.4 is 16.6 Å². The first-order valence-corrected chi connectivity index (χ1v) is 12.5. The molecule has 0 radical (unpaired) electrons. The van der Waals surface area contributed by atoms with Crippen LogP contribution in [-0.2, 0) is 11.3 Å². The average molecular weight is 470 g/mol. The lowest BCUT2D eigenvalue weighted by Gasteiger charge is -2.32. The summed E-state index contributed by atoms with van der Waals surface area (Å²) in [5.41, 5.74) is 0.278. The first-order valence-electron chi connectivity index (χ1n) is 12.5. The molecule has 2 N–H and O–H groups in total. The predicted molar refractivity (Wildman–Crippen MR) is 130 cm³/mol. The van der Waals surface area contributed by atoms with Crippen molar-refractivity contribution in [1.29, 1.82) is 0 Å². The molecule has 2 fully saturated rings. The van der Waals surface area contributed by atoms with Crippen LogP contribution in [-0.4, -0.2) is 50.4 Å². The number of aromatic amines is 1. The Kier molecular flexibility index (Phi) is 6.91. The highest BCUT2D eigenvalue weighted by Gasteiger charge is 2.32. The van der Waals surface area contributed by atoms with E-state index in [2.05, 4.69) is 29.1 Å². The van der Waals surface area contributed by atoms with Crippen LogP contribution in [0.1, 0.15) is 81.8 Å². The van der Waals surface area contributed by atoms with Gasteiger partial charge in [0.25, 0.3) is 11.5 Å². The second-order valence-electron chi connectivity index (χ2n) is 10.1. The highest BCUT2D eigenvalue weighted by Crippen LogP contribution is 2.40. The average Bonchev–Trinajstić information content (AvgIpc) is 3.66. The lowest BCUT2D eigenvalue weighted by Crippen LogP contribution is -2.46. The van der Waals surface area contributed by atoms with Crippen LogP contribution in [0.4, 0.5) is 0 Å². The van der Waals surface area contributed by atoms with Gasteiger partial charge in [-0.25, -0.2) is 9.78 Å². The summed E-state index contributed by atoms with van der Waals surface area (Å²) in [6, 6.07) is 1.84. The summed E-state index contributed by atoms with van der Waals surface area (Å²) in [4.78, 5) is 60.3. The minimum absolute atomic E-state index is 0.0405. The van der Waals surface area contributed by atoms with Crippen molar-refractivity contribution in [3.8, 4) is 0 Å². The second-order valence-corrected chi connectivity index (χ2v) is 10.1. The van der Waals surface area contributed by atoms with Gasteiger partial charge >= 0.3 is 5.69 Å². The molecule has 34 heavy (non-hydrogen) atoms. The third-order valence-electron chi connectivity index (χ3n) is 7.16. The molecule has 0 spiro atoms. The molecule has 4 rings (SSSR count). The van der Waals surface area contributed by atoms with E-state index in [1.807, 2.05) is 13.8 Å². The first kappa shape index (κ1) is 24.2. The number of carbonyl (C=O) groups is 2. The minimum Gasteiger partial charge on any atom is -0.353 e. The molecule has 1 aliphatic carbocycles. The summed E-state index contributed by atoms with van der Waals surface area (Å²) >= 11 is 0. The maximum atomic E-state index is 13.6. The number of aryl methyl sites for hydroxylation is 1. The maximum Gasteiger partial charge on any atom is 0.329 e. The first-order chi connectivity index (χ1) is 16.2. The zero-order valence-electron chi connectivity index (χ0n) is 20.5. The zero-order valence-corrected chi connectivity index (χ0v) is 20.5. The molecular weight excluding hydrogens is 434 g/mol. The van der Waals surface area contributed by atoms with Crippen LogP contribution >= 0.6 is 0 Å². The van der Waals surface area contributed by atoms with E-state index in [0.29, 0.717) is 56.0 Å². The number of likely N-dealkylation sites (tertiary alicyclic amines) is 1. The van der Waals surface area contributed by atoms with Gasteiger partial charge in [0.15, 0.2) is 5.65 Å². The third kappa shape index (κ3) is 4.79. The third-order valence-corrected chi connectivity index (χ3v) is 7.16. The number of nitrogens with one attached hydrogen (secondary N) is 2. The van der Waals surface area contributed by atoms with Crippen LogP contribution in [0.15, 0.2) is 15.7 Å². The molecule has 0 bridgehead atoms. The van der Waals surface area contributed by atoms with E-state index in [1.165, 1.54) is 4.57 Å². The van der Waals surface area contributed by atoms with Crippen LogP contribution in [0, 0.1) is 11.8 Å². The molecule has 1 saturated heterocycles. The number of hydrogen-bond acceptors (Lipinski definition) is 5. The molecule has 2 aromatic rings. The molecule has 1 aliphatic heterocycles. The molecule has 1 unspecified atom stereocenters. The van der Waals surface area contributed by atoms with Crippen LogP contribution in [0.5, 0.6) is 0 Å². The van der Waals surface area contributed by atoms with E-state index in [0.717, 1.165) is 18.5 Å². The van der Waals surface area contributed by atoms with Gasteiger partial charge in [-0.15, -0.1) is 0 Å². The van der Waals surface area contributed by atoms with Gasteiger partial charge in [0.05, 0.1) is 10.9 Å². The van der Waals surface area contributed by atoms with Gasteiger partial charge in [-0.3, -0.25) is 23.9 Å². The van der Waals surface area contributed by atoms with E-state index in [9.17, 15) is 19.2 Å². The number of rotatable bonds is 7. The molecular formula is C25H35N5O4. The predicted octanol–water partition coefficient (Wildman–Crippen LogP) is 2.39. The van der Waals surface area contributed by atoms with Crippen molar-refractivity contribution in [1.82, 2.24) is 24.8 Å². The fourth-order valence-electron chi connectivity index (χ4n) is 4.51. The highest BCUT2D eigenvalue weighted by molar-refractivity contribution is 6.05. The summed E-state index contributed by atoms with van der Waals surface area (Å²) < 4.78 is 1.46. The Balaban J connectivity index is 1.62. The van der Waals surface area contributed by atoms with E-state index in [4.69, 9.17) is 0 Å². The largest absolute Gasteiger partial charge is 0.353 e. The Labute approximate surface area is 198 Å². The van der Waals surface area contributed by atoms with Crippen molar-refractivity contribution in [2.45, 2.75) is 78.3 Å². The molecule has 184 valence electrons. The van der Waals surface area contributed by atoms with Gasteiger partial charge < -0.3 is 10.2 Å². The second kappa shape index (κ2) is 9.72. The van der Waals surface area contributed by atoms with Crippen molar-refractivity contribution in [2.75, 3.05) is 13.1 Å². The van der Waals surface area contributed by atoms with Gasteiger partial charge in [0, 0.05) is 43.2 Å². The molecule has 1 atom stereocenters. The number of carbonyl (C=O) groups excluding carboxylic acids is 2. The Morgan fingerprint density at radius 1 is 1.15 bits per heavy atom. The number of H-pyrrole nitrogens is 1. The lowest BCUT2D eigenvalue weighted by molar-refractivity contribution is -0.127. The Morgan fingerprint density at radius 3 is 2.41 bits per heavy atom. The Bertz CT molecular complexity index is 1200. The summed E-state index contributed by atoms with van der Waals surface area (Å²) in [5.74, 6) is 0.293. The number of hydrogen-bond donors (Lipinski definition) is 2. The summed E-state index contributed by atoms with van der Waals surface area (Å²) in [7, 11) is 0. The van der Waals surface area contributed by atoms with Crippen LogP contribution in [0.2, 0.25) is 0 Å². The number of piperidine rings is 1. The molecule has 1 saturated carbocycles. The number of nitrogens with zero attached hydrogens (tertiary/aromatic N) is 3. The van der Waals surface area contributed by atoms with E-state index >= 15 is 0 Å². The number of amides is 2. The Hall–Kier alpha value is -2.97. The lowest BCUT2D eigenvalue weighted by atomic mass is 9.94. The number of aromatic nitrogens is 3. The minimum atomic E-state index is -0.581. The van der Waals surface area contributed by atoms with Crippen molar-refractivity contribution in [3.63, 3.8) is 0 Å². The number of fused-ring (bicyclic) bond motifs is 1. The molecule has 9 heteroatoms. The molecule has 3 heterocycles. The molecule has 2 aromatic heterocycles. The van der Waals surface area contributed by atoms with Crippen molar-refractivity contribution < 1.29 is 9.59 Å². The van der Waals surface area contributed by atoms with E-state index in [1.54, 1.807) is 11.0 Å². The maximum absolute atomic E-state index is 13.6. The molecule has 0 aromatic carbocycles. The van der Waals surface area contributed by atoms with Crippen molar-refractivity contribution >= 4 is 22.8 Å². The fraction of sp³-hybridized carbons (Fsp3) is 0.640. The SMILES string of the molecule is CCCn1c(=O)[nH]c(=O)c2c(C(=O)N3CCC(C(=O)NC(C)C(C)C)CC3)cc(C3CC3)nc21. The van der Waals surface area contributed by atoms with Gasteiger partial charge in [0.1, 0.15) is 0 Å². The molecule has 9 nitrogen and oxygen atoms in total. The smallest absolute Gasteiger partial charge is 0.329 e. The fourth-order valence-corrected chi connectivity index (χ4v) is 4.51. The van der Waals surface area contributed by atoms with Crippen molar-refractivity contribution in [2.24, 2.45) is 11.8 Å². The van der Waals surface area contributed by atoms with Gasteiger partial charge in [-0.2, -0.15) is 0 Å². The monoisotopic (exact) mass is 469 g/mol. The Morgan fingerprint density at radius 2 is 1.82 bits per heavy atom. The standard InChI is InChI=1S/C25H35N5O4/c1-5-10-30-21-20(23(32)28-25(30)34)18(13-19(27-21)16-6-7-16)24(33)29-11-8-17(9-12-29)22(31)26-15(4)14(2)3/h13-17H,5-12H2,1-4H3,(H,26,31)(H,28,32,34). The zero-order chi connectivity index (χ0) is 24.6. The van der Waals surface area contributed by atoms with Crippen molar-refractivity contribution in [3.05, 3.63) is 38.2 Å². The number of pyridine rings is 1. The van der Waals surface area contributed by atoms with Gasteiger partial charge in [-0.1, -0.05) is 20.8 Å². The highest BCUT2D eigenvalue weighted by atomic mass is 16.2. The summed E-state index contributed by atoms with van der Waals surface area (Å²) in [6.45, 7) is 9.40. The normalized spacial score (nSPS) is 17.9. The van der Waals surface area contributed by atoms with E-state index < -0.39 is 11.2 Å². The van der Waals surface area contributed by atoms with Gasteiger partial charge in [-0.05, 0) is 51.0 Å². The van der Waals surface area contributed by atoms with Crippen LogP contribution in [0.3, 0.4) is 0 Å². The summed E-state index contributed by atoms with van der Waals surface area (Å²) in [5, 5.41) is 3.25.